The zero-order valence-electron chi connectivity index (χ0n) is 9.96. The molecule has 0 aliphatic rings. The Bertz CT molecular complexity index is 297. The molecule has 0 aliphatic carbocycles. The second-order valence-corrected chi connectivity index (χ2v) is 4.97. The van der Waals surface area contributed by atoms with Gasteiger partial charge in [0.15, 0.2) is 0 Å². The molecule has 1 rings (SSSR count). The molecule has 86 valence electrons. The molecule has 0 aliphatic heterocycles. The Labute approximate surface area is 95.9 Å². The molecule has 1 N–H and O–H groups in total. The smallest absolute Gasteiger partial charge is 0.0929 e. The molecule has 4 heteroatoms. The molecule has 1 aromatic rings. The van der Waals surface area contributed by atoms with Crippen molar-refractivity contribution in [3.63, 3.8) is 0 Å². The first-order valence-electron chi connectivity index (χ1n) is 5.37. The molecule has 15 heavy (non-hydrogen) atoms. The van der Waals surface area contributed by atoms with Crippen LogP contribution in [0.3, 0.4) is 0 Å². The van der Waals surface area contributed by atoms with Crippen LogP contribution in [-0.2, 0) is 24.3 Å². The van der Waals surface area contributed by atoms with Crippen molar-refractivity contribution in [2.24, 2.45) is 0 Å². The second kappa shape index (κ2) is 6.20. The van der Waals surface area contributed by atoms with Gasteiger partial charge in [0, 0.05) is 24.6 Å². The molecule has 0 spiro atoms. The number of aryl methyl sites for hydroxylation is 1. The van der Waals surface area contributed by atoms with Crippen LogP contribution in [0.15, 0.2) is 0 Å². The molecule has 0 unspecified atom stereocenters. The van der Waals surface area contributed by atoms with Crippen LogP contribution in [0.1, 0.15) is 36.3 Å². The third-order valence-corrected chi connectivity index (χ3v) is 3.32. The highest BCUT2D eigenvalue weighted by Gasteiger charge is 2.09. The summed E-state index contributed by atoms with van der Waals surface area (Å²) in [5, 5.41) is 4.61. The molecular formula is C11H20N2OS. The topological polar surface area (TPSA) is 34.1 Å². The van der Waals surface area contributed by atoms with Crippen LogP contribution in [-0.4, -0.2) is 18.1 Å². The first kappa shape index (κ1) is 12.6. The maximum Gasteiger partial charge on any atom is 0.0929 e. The van der Waals surface area contributed by atoms with Crippen molar-refractivity contribution in [3.8, 4) is 0 Å². The van der Waals surface area contributed by atoms with Crippen LogP contribution in [0.5, 0.6) is 0 Å². The predicted molar refractivity (Wildman–Crippen MR) is 64.2 cm³/mol. The van der Waals surface area contributed by atoms with Crippen molar-refractivity contribution in [2.75, 3.05) is 7.11 Å². The lowest BCUT2D eigenvalue weighted by atomic mass is 10.3. The molecule has 0 saturated carbocycles. The molecule has 0 amide bonds. The molecule has 0 aromatic carbocycles. The van der Waals surface area contributed by atoms with Crippen LogP contribution in [0, 0.1) is 0 Å². The Morgan fingerprint density at radius 1 is 1.47 bits per heavy atom. The molecule has 1 aromatic heterocycles. The summed E-state index contributed by atoms with van der Waals surface area (Å²) in [6.07, 6.45) is 1.00. The average Bonchev–Trinajstić information content (AvgIpc) is 2.58. The Kier molecular flexibility index (Phi) is 5.22. The largest absolute Gasteiger partial charge is 0.378 e. The number of hydrogen-bond donors (Lipinski definition) is 1. The fraction of sp³-hybridized carbons (Fsp3) is 0.727. The predicted octanol–water partition coefficient (Wildman–Crippen LogP) is 2.35. The highest BCUT2D eigenvalue weighted by atomic mass is 32.1. The van der Waals surface area contributed by atoms with Gasteiger partial charge in [0.05, 0.1) is 17.3 Å². The van der Waals surface area contributed by atoms with E-state index in [0.29, 0.717) is 12.6 Å². The summed E-state index contributed by atoms with van der Waals surface area (Å²) in [5.74, 6) is 0. The van der Waals surface area contributed by atoms with E-state index in [4.69, 9.17) is 4.74 Å². The highest BCUT2D eigenvalue weighted by molar-refractivity contribution is 7.11. The lowest BCUT2D eigenvalue weighted by Crippen LogP contribution is -2.21. The van der Waals surface area contributed by atoms with Gasteiger partial charge in [0.2, 0.25) is 0 Å². The van der Waals surface area contributed by atoms with Gasteiger partial charge in [-0.2, -0.15) is 0 Å². The number of aromatic nitrogens is 1. The van der Waals surface area contributed by atoms with Gasteiger partial charge in [0.25, 0.3) is 0 Å². The summed E-state index contributed by atoms with van der Waals surface area (Å²) in [4.78, 5) is 5.86. The highest BCUT2D eigenvalue weighted by Crippen LogP contribution is 2.19. The molecule has 0 saturated heterocycles. The number of thiazole rings is 1. The fourth-order valence-corrected chi connectivity index (χ4v) is 2.23. The minimum atomic E-state index is 0.507. The van der Waals surface area contributed by atoms with Gasteiger partial charge in [0.1, 0.15) is 0 Å². The average molecular weight is 228 g/mol. The van der Waals surface area contributed by atoms with Crippen molar-refractivity contribution in [3.05, 3.63) is 15.6 Å². The summed E-state index contributed by atoms with van der Waals surface area (Å²) in [7, 11) is 1.71. The zero-order chi connectivity index (χ0) is 11.3. The van der Waals surface area contributed by atoms with Gasteiger partial charge in [-0.1, -0.05) is 20.8 Å². The maximum atomic E-state index is 5.15. The monoisotopic (exact) mass is 228 g/mol. The number of ether oxygens (including phenoxy) is 1. The van der Waals surface area contributed by atoms with Gasteiger partial charge >= 0.3 is 0 Å². The minimum absolute atomic E-state index is 0.507. The number of hydrogen-bond acceptors (Lipinski definition) is 4. The first-order chi connectivity index (χ1) is 7.17. The zero-order valence-corrected chi connectivity index (χ0v) is 10.8. The van der Waals surface area contributed by atoms with E-state index in [1.807, 2.05) is 0 Å². The van der Waals surface area contributed by atoms with Crippen LogP contribution in [0.4, 0.5) is 0 Å². The fourth-order valence-electron chi connectivity index (χ4n) is 1.27. The standard InChI is InChI=1S/C11H20N2OS/c1-5-11-13-9(7-14-4)10(15-11)6-12-8(2)3/h8,12H,5-7H2,1-4H3. The van der Waals surface area contributed by atoms with Crippen molar-refractivity contribution in [1.82, 2.24) is 10.3 Å². The second-order valence-electron chi connectivity index (χ2n) is 3.80. The minimum Gasteiger partial charge on any atom is -0.378 e. The number of nitrogens with one attached hydrogen (secondary N) is 1. The van der Waals surface area contributed by atoms with E-state index in [1.165, 1.54) is 9.88 Å². The van der Waals surface area contributed by atoms with Gasteiger partial charge in [-0.05, 0) is 6.42 Å². The summed E-state index contributed by atoms with van der Waals surface area (Å²) in [6.45, 7) is 7.95. The van der Waals surface area contributed by atoms with E-state index < -0.39 is 0 Å². The van der Waals surface area contributed by atoms with Crippen molar-refractivity contribution in [2.45, 2.75) is 46.4 Å². The summed E-state index contributed by atoms with van der Waals surface area (Å²) < 4.78 is 5.15. The Balaban J connectivity index is 2.69. The summed E-state index contributed by atoms with van der Waals surface area (Å²) >= 11 is 1.79. The lowest BCUT2D eigenvalue weighted by Gasteiger charge is -2.07. The van der Waals surface area contributed by atoms with E-state index >= 15 is 0 Å². The van der Waals surface area contributed by atoms with E-state index in [2.05, 4.69) is 31.1 Å². The molecule has 0 atom stereocenters. The van der Waals surface area contributed by atoms with Gasteiger partial charge in [-0.25, -0.2) is 4.98 Å². The first-order valence-corrected chi connectivity index (χ1v) is 6.18. The molecule has 0 fully saturated rings. The van der Waals surface area contributed by atoms with Crippen LogP contribution < -0.4 is 5.32 Å². The molecule has 0 radical (unpaired) electrons. The quantitative estimate of drug-likeness (QED) is 0.811. The van der Waals surface area contributed by atoms with Crippen LogP contribution in [0.25, 0.3) is 0 Å². The maximum absolute atomic E-state index is 5.15. The van der Waals surface area contributed by atoms with E-state index in [9.17, 15) is 0 Å². The summed E-state index contributed by atoms with van der Waals surface area (Å²) in [5.41, 5.74) is 1.09. The lowest BCUT2D eigenvalue weighted by molar-refractivity contribution is 0.181. The van der Waals surface area contributed by atoms with E-state index in [1.54, 1.807) is 18.4 Å². The third kappa shape index (κ3) is 3.89. The Morgan fingerprint density at radius 3 is 2.73 bits per heavy atom. The third-order valence-electron chi connectivity index (χ3n) is 2.08. The van der Waals surface area contributed by atoms with Gasteiger partial charge in [-0.3, -0.25) is 0 Å². The SMILES string of the molecule is CCc1nc(COC)c(CNC(C)C)s1. The van der Waals surface area contributed by atoms with Crippen LogP contribution in [0.2, 0.25) is 0 Å². The Hall–Kier alpha value is -0.450. The van der Waals surface area contributed by atoms with Gasteiger partial charge in [-0.15, -0.1) is 11.3 Å². The molecule has 1 heterocycles. The molecular weight excluding hydrogens is 208 g/mol. The normalized spacial score (nSPS) is 11.3. The number of methoxy groups -OCH3 is 1. The molecule has 3 nitrogen and oxygen atoms in total. The molecule has 0 bridgehead atoms. The number of nitrogens with zero attached hydrogens (tertiary/aromatic N) is 1. The van der Waals surface area contributed by atoms with Crippen molar-refractivity contribution in [1.29, 1.82) is 0 Å². The van der Waals surface area contributed by atoms with Crippen molar-refractivity contribution < 1.29 is 4.74 Å². The number of rotatable bonds is 6. The van der Waals surface area contributed by atoms with Gasteiger partial charge < -0.3 is 10.1 Å². The Morgan fingerprint density at radius 2 is 2.20 bits per heavy atom. The van der Waals surface area contributed by atoms with E-state index in [0.717, 1.165) is 18.7 Å². The van der Waals surface area contributed by atoms with Crippen LogP contribution >= 0.6 is 11.3 Å². The van der Waals surface area contributed by atoms with Crippen molar-refractivity contribution >= 4 is 11.3 Å². The summed E-state index contributed by atoms with van der Waals surface area (Å²) in [6, 6.07) is 0.507. The van der Waals surface area contributed by atoms with E-state index in [-0.39, 0.29) is 0 Å².